The zero-order valence-corrected chi connectivity index (χ0v) is 13.2. The summed E-state index contributed by atoms with van der Waals surface area (Å²) < 4.78 is 11.2. The normalized spacial score (nSPS) is 13.9. The maximum Gasteiger partial charge on any atom is 0.220 e. The molecule has 0 bridgehead atoms. The molecule has 0 aromatic heterocycles. The van der Waals surface area contributed by atoms with E-state index >= 15 is 0 Å². The van der Waals surface area contributed by atoms with Crippen molar-refractivity contribution in [1.29, 1.82) is 0 Å². The smallest absolute Gasteiger partial charge is 0.220 e. The summed E-state index contributed by atoms with van der Waals surface area (Å²) in [6.45, 7) is 8.15. The van der Waals surface area contributed by atoms with Crippen molar-refractivity contribution in [3.8, 4) is 11.5 Å². The van der Waals surface area contributed by atoms with Crippen molar-refractivity contribution in [1.82, 2.24) is 5.32 Å². The van der Waals surface area contributed by atoms with Crippen LogP contribution >= 0.6 is 0 Å². The number of amides is 1. The van der Waals surface area contributed by atoms with E-state index in [1.165, 1.54) is 0 Å². The molecular weight excluding hydrogens is 266 g/mol. The van der Waals surface area contributed by atoms with Gasteiger partial charge in [0.05, 0.1) is 0 Å². The first-order valence-corrected chi connectivity index (χ1v) is 7.70. The molecule has 4 nitrogen and oxygen atoms in total. The molecule has 0 aliphatic carbocycles. The molecule has 0 unspecified atom stereocenters. The molecule has 0 radical (unpaired) electrons. The van der Waals surface area contributed by atoms with Crippen molar-refractivity contribution in [3.05, 3.63) is 23.8 Å². The number of ether oxygens (including phenoxy) is 2. The number of fused-ring (bicyclic) bond motifs is 1. The lowest BCUT2D eigenvalue weighted by Crippen LogP contribution is -2.36. The Balaban J connectivity index is 2.00. The molecule has 1 aromatic carbocycles. The van der Waals surface area contributed by atoms with Gasteiger partial charge in [0.15, 0.2) is 11.5 Å². The molecule has 1 aromatic rings. The number of rotatable bonds is 6. The topological polar surface area (TPSA) is 47.6 Å². The third-order valence-corrected chi connectivity index (χ3v) is 3.81. The fourth-order valence-electron chi connectivity index (χ4n) is 2.31. The predicted molar refractivity (Wildman–Crippen MR) is 83.0 cm³/mol. The summed E-state index contributed by atoms with van der Waals surface area (Å²) in [5.74, 6) is 1.72. The average molecular weight is 291 g/mol. The Labute approximate surface area is 126 Å². The van der Waals surface area contributed by atoms with Gasteiger partial charge >= 0.3 is 0 Å². The number of carbonyl (C=O) groups excluding carboxylic acids is 1. The Kier molecular flexibility index (Phi) is 5.10. The molecule has 1 aliphatic rings. The molecule has 0 atom stereocenters. The summed E-state index contributed by atoms with van der Waals surface area (Å²) in [5.41, 5.74) is 1.00. The van der Waals surface area contributed by atoms with Crippen molar-refractivity contribution in [2.75, 3.05) is 19.8 Å². The molecular formula is C17H25NO3. The average Bonchev–Trinajstić information content (AvgIpc) is 2.50. The van der Waals surface area contributed by atoms with E-state index in [2.05, 4.69) is 26.1 Å². The van der Waals surface area contributed by atoms with Crippen molar-refractivity contribution in [3.63, 3.8) is 0 Å². The Morgan fingerprint density at radius 3 is 2.67 bits per heavy atom. The van der Waals surface area contributed by atoms with Crippen LogP contribution in [-0.4, -0.2) is 25.7 Å². The van der Waals surface area contributed by atoms with Gasteiger partial charge in [0.25, 0.3) is 0 Å². The largest absolute Gasteiger partial charge is 0.486 e. The minimum atomic E-state index is -0.141. The van der Waals surface area contributed by atoms with Gasteiger partial charge in [0.2, 0.25) is 5.91 Å². The highest BCUT2D eigenvalue weighted by Gasteiger charge is 2.24. The Morgan fingerprint density at radius 2 is 1.95 bits per heavy atom. The van der Waals surface area contributed by atoms with E-state index in [9.17, 15) is 4.79 Å². The van der Waals surface area contributed by atoms with Gasteiger partial charge in [-0.05, 0) is 24.1 Å². The van der Waals surface area contributed by atoms with E-state index in [-0.39, 0.29) is 11.3 Å². The summed E-state index contributed by atoms with van der Waals surface area (Å²) in [4.78, 5) is 11.8. The molecule has 2 rings (SSSR count). The second-order valence-electron chi connectivity index (χ2n) is 6.12. The van der Waals surface area contributed by atoms with Crippen LogP contribution in [0.25, 0.3) is 0 Å². The summed E-state index contributed by atoms with van der Waals surface area (Å²) in [6, 6.07) is 6.02. The minimum absolute atomic E-state index is 0.127. The van der Waals surface area contributed by atoms with E-state index in [0.29, 0.717) is 26.2 Å². The Hall–Kier alpha value is -1.71. The highest BCUT2D eigenvalue weighted by molar-refractivity contribution is 5.75. The van der Waals surface area contributed by atoms with Crippen LogP contribution in [0.3, 0.4) is 0 Å². The molecule has 1 amide bonds. The molecule has 116 valence electrons. The SMILES string of the molecule is CCCCC(=O)NCC(C)(C)c1ccc2c(c1)OCCO2. The molecule has 21 heavy (non-hydrogen) atoms. The maximum atomic E-state index is 11.8. The fourth-order valence-corrected chi connectivity index (χ4v) is 2.31. The lowest BCUT2D eigenvalue weighted by atomic mass is 9.84. The van der Waals surface area contributed by atoms with Crippen molar-refractivity contribution in [2.45, 2.75) is 45.4 Å². The zero-order chi connectivity index (χ0) is 15.3. The fraction of sp³-hybridized carbons (Fsp3) is 0.588. The summed E-state index contributed by atoms with van der Waals surface area (Å²) in [7, 11) is 0. The quantitative estimate of drug-likeness (QED) is 0.876. The molecule has 1 aliphatic heterocycles. The second-order valence-corrected chi connectivity index (χ2v) is 6.12. The van der Waals surface area contributed by atoms with Crippen LogP contribution in [-0.2, 0) is 10.2 Å². The van der Waals surface area contributed by atoms with Gasteiger partial charge < -0.3 is 14.8 Å². The van der Waals surface area contributed by atoms with Crippen LogP contribution in [0.15, 0.2) is 18.2 Å². The van der Waals surface area contributed by atoms with Gasteiger partial charge in [0, 0.05) is 18.4 Å². The van der Waals surface area contributed by atoms with E-state index < -0.39 is 0 Å². The highest BCUT2D eigenvalue weighted by atomic mass is 16.6. The minimum Gasteiger partial charge on any atom is -0.486 e. The first-order valence-electron chi connectivity index (χ1n) is 7.70. The van der Waals surface area contributed by atoms with E-state index in [1.54, 1.807) is 0 Å². The van der Waals surface area contributed by atoms with Crippen LogP contribution in [0.2, 0.25) is 0 Å². The van der Waals surface area contributed by atoms with E-state index in [4.69, 9.17) is 9.47 Å². The van der Waals surface area contributed by atoms with Gasteiger partial charge in [-0.15, -0.1) is 0 Å². The van der Waals surface area contributed by atoms with Gasteiger partial charge in [-0.2, -0.15) is 0 Å². The first kappa shape index (κ1) is 15.7. The van der Waals surface area contributed by atoms with Crippen LogP contribution in [0.5, 0.6) is 11.5 Å². The number of hydrogen-bond donors (Lipinski definition) is 1. The van der Waals surface area contributed by atoms with Gasteiger partial charge in [-0.3, -0.25) is 4.79 Å². The monoisotopic (exact) mass is 291 g/mol. The number of unbranched alkanes of at least 4 members (excludes halogenated alkanes) is 1. The standard InChI is InChI=1S/C17H25NO3/c1-4-5-6-16(19)18-12-17(2,3)13-7-8-14-15(11-13)21-10-9-20-14/h7-8,11H,4-6,9-10,12H2,1-3H3,(H,18,19). The Morgan fingerprint density at radius 1 is 1.24 bits per heavy atom. The lowest BCUT2D eigenvalue weighted by molar-refractivity contribution is -0.121. The maximum absolute atomic E-state index is 11.8. The summed E-state index contributed by atoms with van der Waals surface area (Å²) in [6.07, 6.45) is 2.59. The third-order valence-electron chi connectivity index (χ3n) is 3.81. The van der Waals surface area contributed by atoms with Crippen LogP contribution in [0.1, 0.15) is 45.6 Å². The van der Waals surface area contributed by atoms with Crippen molar-refractivity contribution < 1.29 is 14.3 Å². The number of nitrogens with one attached hydrogen (secondary N) is 1. The first-order chi connectivity index (χ1) is 10.0. The van der Waals surface area contributed by atoms with Crippen LogP contribution < -0.4 is 14.8 Å². The summed E-state index contributed by atoms with van der Waals surface area (Å²) >= 11 is 0. The van der Waals surface area contributed by atoms with E-state index in [0.717, 1.165) is 29.9 Å². The van der Waals surface area contributed by atoms with Crippen molar-refractivity contribution >= 4 is 5.91 Å². The van der Waals surface area contributed by atoms with Gasteiger partial charge in [0.1, 0.15) is 13.2 Å². The molecule has 0 saturated carbocycles. The molecule has 0 spiro atoms. The molecule has 1 N–H and O–H groups in total. The number of benzene rings is 1. The lowest BCUT2D eigenvalue weighted by Gasteiger charge is -2.27. The molecule has 0 saturated heterocycles. The van der Waals surface area contributed by atoms with Crippen molar-refractivity contribution in [2.24, 2.45) is 0 Å². The number of carbonyl (C=O) groups is 1. The van der Waals surface area contributed by atoms with Crippen LogP contribution in [0.4, 0.5) is 0 Å². The molecule has 4 heteroatoms. The van der Waals surface area contributed by atoms with E-state index in [1.807, 2.05) is 18.2 Å². The summed E-state index contributed by atoms with van der Waals surface area (Å²) in [5, 5.41) is 3.03. The molecule has 1 heterocycles. The third kappa shape index (κ3) is 4.13. The highest BCUT2D eigenvalue weighted by Crippen LogP contribution is 2.34. The second kappa shape index (κ2) is 6.83. The van der Waals surface area contributed by atoms with Gasteiger partial charge in [-0.25, -0.2) is 0 Å². The van der Waals surface area contributed by atoms with Gasteiger partial charge in [-0.1, -0.05) is 33.3 Å². The predicted octanol–water partition coefficient (Wildman–Crippen LogP) is 3.04. The Bertz CT molecular complexity index is 497. The number of hydrogen-bond acceptors (Lipinski definition) is 3. The van der Waals surface area contributed by atoms with Crippen LogP contribution in [0, 0.1) is 0 Å². The molecule has 0 fully saturated rings. The zero-order valence-electron chi connectivity index (χ0n) is 13.2.